The highest BCUT2D eigenvalue weighted by molar-refractivity contribution is 6.30. The van der Waals surface area contributed by atoms with Crippen LogP contribution in [0, 0.1) is 11.3 Å². The highest BCUT2D eigenvalue weighted by atomic mass is 35.5. The van der Waals surface area contributed by atoms with E-state index in [0.29, 0.717) is 17.1 Å². The number of carbonyl (C=O) groups is 1. The van der Waals surface area contributed by atoms with E-state index in [-0.39, 0.29) is 5.91 Å². The van der Waals surface area contributed by atoms with Gasteiger partial charge < -0.3 is 0 Å². The summed E-state index contributed by atoms with van der Waals surface area (Å²) in [5, 5.41) is 9.98. The smallest absolute Gasteiger partial charge is 0.256 e. The normalized spacial score (nSPS) is 17.6. The Labute approximate surface area is 176 Å². The molecule has 1 spiro atoms. The minimum atomic E-state index is -0.493. The first-order valence-corrected chi connectivity index (χ1v) is 10.6. The summed E-state index contributed by atoms with van der Waals surface area (Å²) in [5.74, 6) is 1.11. The molecule has 0 radical (unpaired) electrons. The molecule has 1 heterocycles. The monoisotopic (exact) mass is 405 g/mol. The average Bonchev–Trinajstić information content (AvgIpc) is 3.30. The van der Waals surface area contributed by atoms with Gasteiger partial charge in [0.05, 0.1) is 18.2 Å². The molecule has 148 valence electrons. The molecular formula is C24H24ClN3O. The first-order chi connectivity index (χ1) is 14.1. The van der Waals surface area contributed by atoms with Gasteiger partial charge in [-0.15, -0.1) is 0 Å². The SMILES string of the molecule is CCCC1=NC2(CCCC2)C(=O)N1Cc1ccc(-c2cc(Cl)ccc2C#N)cc1. The van der Waals surface area contributed by atoms with Gasteiger partial charge in [0.15, 0.2) is 0 Å². The fraction of sp³-hybridized carbons (Fsp3) is 0.375. The van der Waals surface area contributed by atoms with E-state index < -0.39 is 5.54 Å². The summed E-state index contributed by atoms with van der Waals surface area (Å²) < 4.78 is 0. The Morgan fingerprint density at radius 2 is 1.90 bits per heavy atom. The maximum atomic E-state index is 13.2. The first kappa shape index (κ1) is 19.7. The van der Waals surface area contributed by atoms with Gasteiger partial charge in [0, 0.05) is 17.0 Å². The highest BCUT2D eigenvalue weighted by Crippen LogP contribution is 2.40. The van der Waals surface area contributed by atoms with E-state index in [1.165, 1.54) is 0 Å². The average molecular weight is 406 g/mol. The van der Waals surface area contributed by atoms with Gasteiger partial charge in [0.2, 0.25) is 0 Å². The second-order valence-electron chi connectivity index (χ2n) is 7.91. The number of amides is 1. The van der Waals surface area contributed by atoms with E-state index in [4.69, 9.17) is 16.6 Å². The molecule has 0 bridgehead atoms. The molecule has 2 aromatic carbocycles. The number of carbonyl (C=O) groups excluding carboxylic acids is 1. The molecule has 1 fully saturated rings. The predicted molar refractivity (Wildman–Crippen MR) is 116 cm³/mol. The van der Waals surface area contributed by atoms with E-state index in [2.05, 4.69) is 13.0 Å². The molecule has 1 saturated carbocycles. The number of nitriles is 1. The van der Waals surface area contributed by atoms with Crippen molar-refractivity contribution in [2.75, 3.05) is 0 Å². The van der Waals surface area contributed by atoms with Gasteiger partial charge in [0.1, 0.15) is 11.4 Å². The van der Waals surface area contributed by atoms with Gasteiger partial charge in [-0.05, 0) is 48.6 Å². The largest absolute Gasteiger partial charge is 0.294 e. The van der Waals surface area contributed by atoms with E-state index >= 15 is 0 Å². The number of aliphatic imine (C=N–C) groups is 1. The van der Waals surface area contributed by atoms with Crippen molar-refractivity contribution >= 4 is 23.3 Å². The Balaban J connectivity index is 1.58. The molecule has 2 aliphatic rings. The lowest BCUT2D eigenvalue weighted by Gasteiger charge is -2.22. The Kier molecular flexibility index (Phi) is 5.43. The van der Waals surface area contributed by atoms with E-state index in [9.17, 15) is 10.1 Å². The fourth-order valence-electron chi connectivity index (χ4n) is 4.41. The summed E-state index contributed by atoms with van der Waals surface area (Å²) in [6, 6.07) is 15.5. The number of nitrogens with zero attached hydrogens (tertiary/aromatic N) is 3. The third-order valence-corrected chi connectivity index (χ3v) is 6.15. The van der Waals surface area contributed by atoms with Crippen molar-refractivity contribution in [1.29, 1.82) is 5.26 Å². The fourth-order valence-corrected chi connectivity index (χ4v) is 4.58. The van der Waals surface area contributed by atoms with Gasteiger partial charge >= 0.3 is 0 Å². The van der Waals surface area contributed by atoms with Gasteiger partial charge in [-0.25, -0.2) is 0 Å². The van der Waals surface area contributed by atoms with Crippen LogP contribution in [0.5, 0.6) is 0 Å². The molecule has 4 rings (SSSR count). The second kappa shape index (κ2) is 8.00. The molecule has 0 saturated heterocycles. The van der Waals surface area contributed by atoms with E-state index in [1.807, 2.05) is 35.2 Å². The lowest BCUT2D eigenvalue weighted by Crippen LogP contribution is -2.40. The van der Waals surface area contributed by atoms with Crippen LogP contribution in [0.25, 0.3) is 11.1 Å². The van der Waals surface area contributed by atoms with Gasteiger partial charge in [-0.1, -0.05) is 55.6 Å². The number of benzene rings is 2. The first-order valence-electron chi connectivity index (χ1n) is 10.3. The van der Waals surface area contributed by atoms with Crippen molar-refractivity contribution < 1.29 is 4.79 Å². The predicted octanol–water partition coefficient (Wildman–Crippen LogP) is 5.73. The van der Waals surface area contributed by atoms with Crippen LogP contribution < -0.4 is 0 Å². The van der Waals surface area contributed by atoms with Crippen LogP contribution in [0.4, 0.5) is 0 Å². The van der Waals surface area contributed by atoms with Crippen molar-refractivity contribution in [3.63, 3.8) is 0 Å². The molecule has 0 N–H and O–H groups in total. The Hall–Kier alpha value is -2.64. The zero-order valence-corrected chi connectivity index (χ0v) is 17.4. The van der Waals surface area contributed by atoms with Crippen molar-refractivity contribution in [1.82, 2.24) is 4.90 Å². The van der Waals surface area contributed by atoms with Gasteiger partial charge in [0.25, 0.3) is 5.91 Å². The lowest BCUT2D eigenvalue weighted by molar-refractivity contribution is -0.131. The van der Waals surface area contributed by atoms with Crippen molar-refractivity contribution in [2.45, 2.75) is 57.5 Å². The number of amidine groups is 1. The van der Waals surface area contributed by atoms with Crippen LogP contribution in [0.15, 0.2) is 47.5 Å². The van der Waals surface area contributed by atoms with Gasteiger partial charge in [-0.2, -0.15) is 5.26 Å². The maximum absolute atomic E-state index is 13.2. The van der Waals surface area contributed by atoms with Crippen LogP contribution in [0.3, 0.4) is 0 Å². The maximum Gasteiger partial charge on any atom is 0.256 e. The third kappa shape index (κ3) is 3.68. The van der Waals surface area contributed by atoms with Crippen LogP contribution in [-0.2, 0) is 11.3 Å². The van der Waals surface area contributed by atoms with Crippen molar-refractivity contribution in [3.8, 4) is 17.2 Å². The lowest BCUT2D eigenvalue weighted by atomic mass is 9.97. The quantitative estimate of drug-likeness (QED) is 0.637. The molecule has 1 aliphatic heterocycles. The summed E-state index contributed by atoms with van der Waals surface area (Å²) in [6.07, 6.45) is 5.72. The molecule has 5 heteroatoms. The van der Waals surface area contributed by atoms with E-state index in [1.54, 1.807) is 12.1 Å². The molecule has 0 atom stereocenters. The summed E-state index contributed by atoms with van der Waals surface area (Å²) in [7, 11) is 0. The molecule has 1 aliphatic carbocycles. The zero-order valence-electron chi connectivity index (χ0n) is 16.6. The van der Waals surface area contributed by atoms with E-state index in [0.717, 1.165) is 61.1 Å². The Morgan fingerprint density at radius 3 is 2.55 bits per heavy atom. The van der Waals surface area contributed by atoms with Crippen LogP contribution in [-0.4, -0.2) is 22.2 Å². The minimum Gasteiger partial charge on any atom is -0.294 e. The summed E-state index contributed by atoms with van der Waals surface area (Å²) in [4.78, 5) is 20.0. The Bertz CT molecular complexity index is 998. The number of halogens is 1. The summed E-state index contributed by atoms with van der Waals surface area (Å²) in [5.41, 5.74) is 2.92. The van der Waals surface area contributed by atoms with Gasteiger partial charge in [-0.3, -0.25) is 14.7 Å². The molecule has 29 heavy (non-hydrogen) atoms. The standard InChI is InChI=1S/C24H24ClN3O/c1-2-5-22-27-24(12-3-4-13-24)23(29)28(22)16-17-6-8-18(9-7-17)21-14-20(25)11-10-19(21)15-26/h6-11,14H,2-5,12-13,16H2,1H3. The zero-order chi connectivity index (χ0) is 20.4. The molecule has 2 aromatic rings. The molecular weight excluding hydrogens is 382 g/mol. The topological polar surface area (TPSA) is 56.5 Å². The second-order valence-corrected chi connectivity index (χ2v) is 8.34. The van der Waals surface area contributed by atoms with Crippen molar-refractivity contribution in [2.24, 2.45) is 4.99 Å². The van der Waals surface area contributed by atoms with Crippen LogP contribution in [0.2, 0.25) is 5.02 Å². The molecule has 0 unspecified atom stereocenters. The van der Waals surface area contributed by atoms with Crippen molar-refractivity contribution in [3.05, 3.63) is 58.6 Å². The molecule has 4 nitrogen and oxygen atoms in total. The van der Waals surface area contributed by atoms with Crippen LogP contribution >= 0.6 is 11.6 Å². The summed E-state index contributed by atoms with van der Waals surface area (Å²) >= 11 is 6.12. The molecule has 0 aromatic heterocycles. The number of hydrogen-bond donors (Lipinski definition) is 0. The number of rotatable bonds is 5. The van der Waals surface area contributed by atoms with Crippen LogP contribution in [0.1, 0.15) is 56.6 Å². The minimum absolute atomic E-state index is 0.170. The Morgan fingerprint density at radius 1 is 1.17 bits per heavy atom. The molecule has 1 amide bonds. The highest BCUT2D eigenvalue weighted by Gasteiger charge is 2.49. The number of hydrogen-bond acceptors (Lipinski definition) is 3. The third-order valence-electron chi connectivity index (χ3n) is 5.91. The summed E-state index contributed by atoms with van der Waals surface area (Å²) in [6.45, 7) is 2.66.